The van der Waals surface area contributed by atoms with E-state index in [-0.39, 0.29) is 5.56 Å². The zero-order valence-corrected chi connectivity index (χ0v) is 14.8. The van der Waals surface area contributed by atoms with Crippen molar-refractivity contribution in [3.05, 3.63) is 75.5 Å². The van der Waals surface area contributed by atoms with Crippen LogP contribution in [-0.4, -0.2) is 27.0 Å². The number of H-pyrrole nitrogens is 1. The van der Waals surface area contributed by atoms with Gasteiger partial charge in [0.25, 0.3) is 5.56 Å². The molecule has 0 bridgehead atoms. The van der Waals surface area contributed by atoms with E-state index in [1.54, 1.807) is 18.6 Å². The number of nitrogens with zero attached hydrogens (tertiary/aromatic N) is 3. The van der Waals surface area contributed by atoms with Gasteiger partial charge in [0.15, 0.2) is 5.16 Å². The number of hydrogen-bond donors (Lipinski definition) is 1. The quantitative estimate of drug-likeness (QED) is 0.541. The molecule has 2 heterocycles. The van der Waals surface area contributed by atoms with Crippen LogP contribution in [0.3, 0.4) is 0 Å². The van der Waals surface area contributed by atoms with E-state index in [0.29, 0.717) is 23.2 Å². The van der Waals surface area contributed by atoms with Gasteiger partial charge in [-0.2, -0.15) is 0 Å². The number of rotatable bonds is 6. The Bertz CT molecular complexity index is 892. The highest BCUT2D eigenvalue weighted by Gasteiger charge is 2.06. The third kappa shape index (κ3) is 4.67. The number of hydrogen-bond acceptors (Lipinski definition) is 6. The van der Waals surface area contributed by atoms with Gasteiger partial charge in [-0.3, -0.25) is 4.79 Å². The maximum atomic E-state index is 12.2. The minimum atomic E-state index is -0.141. The molecule has 1 aromatic carbocycles. The molecule has 0 amide bonds. The SMILES string of the molecule is COc1ncc(Cc2cnc(SCc3ccc(C)cc3)[nH]c2=O)cn1. The van der Waals surface area contributed by atoms with Crippen molar-refractivity contribution < 1.29 is 4.74 Å². The fourth-order valence-electron chi connectivity index (χ4n) is 2.20. The molecule has 25 heavy (non-hydrogen) atoms. The molecule has 3 rings (SSSR count). The largest absolute Gasteiger partial charge is 0.467 e. The maximum Gasteiger partial charge on any atom is 0.316 e. The summed E-state index contributed by atoms with van der Waals surface area (Å²) in [5.41, 5.74) is 3.68. The monoisotopic (exact) mass is 354 g/mol. The zero-order chi connectivity index (χ0) is 17.6. The van der Waals surface area contributed by atoms with Gasteiger partial charge in [0.1, 0.15) is 0 Å². The fourth-order valence-corrected chi connectivity index (χ4v) is 2.99. The molecule has 0 saturated carbocycles. The summed E-state index contributed by atoms with van der Waals surface area (Å²) >= 11 is 1.51. The summed E-state index contributed by atoms with van der Waals surface area (Å²) in [5.74, 6) is 0.759. The molecule has 128 valence electrons. The summed E-state index contributed by atoms with van der Waals surface area (Å²) in [7, 11) is 1.51. The van der Waals surface area contributed by atoms with E-state index >= 15 is 0 Å². The molecule has 0 radical (unpaired) electrons. The molecule has 7 heteroatoms. The second-order valence-electron chi connectivity index (χ2n) is 5.57. The van der Waals surface area contributed by atoms with Crippen LogP contribution in [0.1, 0.15) is 22.3 Å². The van der Waals surface area contributed by atoms with Gasteiger partial charge in [0.2, 0.25) is 0 Å². The summed E-state index contributed by atoms with van der Waals surface area (Å²) in [6.45, 7) is 2.06. The van der Waals surface area contributed by atoms with Crippen molar-refractivity contribution in [3.8, 4) is 6.01 Å². The standard InChI is InChI=1S/C18H18N4O2S/c1-12-3-5-13(6-4-12)11-25-18-21-10-15(16(23)22-18)7-14-8-19-17(24-2)20-9-14/h3-6,8-10H,7,11H2,1-2H3,(H,21,22,23). The Kier molecular flexibility index (Phi) is 5.45. The van der Waals surface area contributed by atoms with Gasteiger partial charge < -0.3 is 9.72 Å². The summed E-state index contributed by atoms with van der Waals surface area (Å²) in [5, 5.41) is 0.611. The number of ether oxygens (including phenoxy) is 1. The second-order valence-corrected chi connectivity index (χ2v) is 6.54. The molecule has 0 fully saturated rings. The molecule has 0 aliphatic carbocycles. The number of aromatic amines is 1. The topological polar surface area (TPSA) is 80.8 Å². The van der Waals surface area contributed by atoms with Crippen molar-refractivity contribution in [2.24, 2.45) is 0 Å². The molecule has 1 N–H and O–H groups in total. The number of aryl methyl sites for hydroxylation is 1. The van der Waals surface area contributed by atoms with Crippen molar-refractivity contribution in [1.82, 2.24) is 19.9 Å². The summed E-state index contributed by atoms with van der Waals surface area (Å²) in [6.07, 6.45) is 5.33. The van der Waals surface area contributed by atoms with Crippen LogP contribution in [0.25, 0.3) is 0 Å². The van der Waals surface area contributed by atoms with Crippen LogP contribution < -0.4 is 10.3 Å². The highest BCUT2D eigenvalue weighted by Crippen LogP contribution is 2.18. The van der Waals surface area contributed by atoms with Crippen LogP contribution in [0.2, 0.25) is 0 Å². The number of nitrogens with one attached hydrogen (secondary N) is 1. The first-order valence-electron chi connectivity index (χ1n) is 7.75. The first-order valence-corrected chi connectivity index (χ1v) is 8.74. The molecule has 3 aromatic rings. The van der Waals surface area contributed by atoms with E-state index in [2.05, 4.69) is 51.1 Å². The van der Waals surface area contributed by atoms with Crippen molar-refractivity contribution in [1.29, 1.82) is 0 Å². The van der Waals surface area contributed by atoms with Gasteiger partial charge in [-0.1, -0.05) is 41.6 Å². The molecular weight excluding hydrogens is 336 g/mol. The summed E-state index contributed by atoms with van der Waals surface area (Å²) in [4.78, 5) is 27.5. The molecule has 2 aromatic heterocycles. The van der Waals surface area contributed by atoms with Gasteiger partial charge in [0, 0.05) is 36.3 Å². The lowest BCUT2D eigenvalue weighted by Gasteiger charge is -2.04. The first kappa shape index (κ1) is 17.2. The first-order chi connectivity index (χ1) is 12.1. The van der Waals surface area contributed by atoms with E-state index in [4.69, 9.17) is 4.74 Å². The molecular formula is C18H18N4O2S. The lowest BCUT2D eigenvalue weighted by Crippen LogP contribution is -2.15. The lowest BCUT2D eigenvalue weighted by atomic mass is 10.1. The van der Waals surface area contributed by atoms with E-state index in [9.17, 15) is 4.79 Å². The smallest absolute Gasteiger partial charge is 0.316 e. The average Bonchev–Trinajstić information content (AvgIpc) is 2.64. The molecule has 0 saturated heterocycles. The molecule has 0 spiro atoms. The fraction of sp³-hybridized carbons (Fsp3) is 0.222. The molecule has 0 atom stereocenters. The maximum absolute atomic E-state index is 12.2. The Balaban J connectivity index is 1.65. The highest BCUT2D eigenvalue weighted by atomic mass is 32.2. The normalized spacial score (nSPS) is 10.6. The van der Waals surface area contributed by atoms with E-state index in [1.807, 2.05) is 0 Å². The number of thioether (sulfide) groups is 1. The van der Waals surface area contributed by atoms with E-state index < -0.39 is 0 Å². The Morgan fingerprint density at radius 2 is 1.76 bits per heavy atom. The Hall–Kier alpha value is -2.67. The van der Waals surface area contributed by atoms with Crippen LogP contribution in [-0.2, 0) is 12.2 Å². The van der Waals surface area contributed by atoms with Crippen LogP contribution >= 0.6 is 11.8 Å². The average molecular weight is 354 g/mol. The number of benzene rings is 1. The highest BCUT2D eigenvalue weighted by molar-refractivity contribution is 7.98. The van der Waals surface area contributed by atoms with Gasteiger partial charge in [-0.25, -0.2) is 15.0 Å². The Morgan fingerprint density at radius 1 is 1.04 bits per heavy atom. The summed E-state index contributed by atoms with van der Waals surface area (Å²) in [6, 6.07) is 8.62. The predicted octanol–water partition coefficient (Wildman–Crippen LogP) is 2.76. The van der Waals surface area contributed by atoms with Crippen LogP contribution in [0.5, 0.6) is 6.01 Å². The predicted molar refractivity (Wildman–Crippen MR) is 97.0 cm³/mol. The van der Waals surface area contributed by atoms with Gasteiger partial charge >= 0.3 is 6.01 Å². The van der Waals surface area contributed by atoms with Crippen LogP contribution in [0, 0.1) is 6.92 Å². The third-order valence-electron chi connectivity index (χ3n) is 3.60. The lowest BCUT2D eigenvalue weighted by molar-refractivity contribution is 0.379. The van der Waals surface area contributed by atoms with Gasteiger partial charge in [-0.15, -0.1) is 0 Å². The zero-order valence-electron chi connectivity index (χ0n) is 14.0. The van der Waals surface area contributed by atoms with Crippen molar-refractivity contribution in [2.75, 3.05) is 7.11 Å². The van der Waals surface area contributed by atoms with E-state index in [1.165, 1.54) is 30.0 Å². The molecule has 0 aliphatic heterocycles. The van der Waals surface area contributed by atoms with Crippen LogP contribution in [0.4, 0.5) is 0 Å². The number of aromatic nitrogens is 4. The minimum absolute atomic E-state index is 0.141. The van der Waals surface area contributed by atoms with Gasteiger partial charge in [0.05, 0.1) is 7.11 Å². The number of methoxy groups -OCH3 is 1. The van der Waals surface area contributed by atoms with Crippen LogP contribution in [0.15, 0.2) is 52.8 Å². The third-order valence-corrected chi connectivity index (χ3v) is 4.56. The van der Waals surface area contributed by atoms with Gasteiger partial charge in [-0.05, 0) is 18.1 Å². The Labute approximate surface area is 149 Å². The van der Waals surface area contributed by atoms with Crippen molar-refractivity contribution >= 4 is 11.8 Å². The van der Waals surface area contributed by atoms with E-state index in [0.717, 1.165) is 11.3 Å². The van der Waals surface area contributed by atoms with Crippen molar-refractivity contribution in [3.63, 3.8) is 0 Å². The molecule has 0 aliphatic rings. The molecule has 0 unspecified atom stereocenters. The van der Waals surface area contributed by atoms with Crippen molar-refractivity contribution in [2.45, 2.75) is 24.3 Å². The summed E-state index contributed by atoms with van der Waals surface area (Å²) < 4.78 is 4.92. The Morgan fingerprint density at radius 3 is 2.40 bits per heavy atom. The molecule has 6 nitrogen and oxygen atoms in total. The second kappa shape index (κ2) is 7.94. The minimum Gasteiger partial charge on any atom is -0.467 e.